The van der Waals surface area contributed by atoms with E-state index in [4.69, 9.17) is 0 Å². The van der Waals surface area contributed by atoms with Gasteiger partial charge in [0.05, 0.1) is 5.41 Å². The summed E-state index contributed by atoms with van der Waals surface area (Å²) in [5.74, 6) is 0.162. The highest BCUT2D eigenvalue weighted by Crippen LogP contribution is 2.54. The third kappa shape index (κ3) is 2.85. The summed E-state index contributed by atoms with van der Waals surface area (Å²) in [6, 6.07) is 19.4. The van der Waals surface area contributed by atoms with Gasteiger partial charge in [0.2, 0.25) is 0 Å². The number of hydrogen-bond acceptors (Lipinski definition) is 3. The second kappa shape index (κ2) is 7.23. The summed E-state index contributed by atoms with van der Waals surface area (Å²) in [6.07, 6.45) is 5.49. The van der Waals surface area contributed by atoms with Gasteiger partial charge in [-0.25, -0.2) is 0 Å². The lowest BCUT2D eigenvalue weighted by atomic mass is 9.54. The number of rotatable bonds is 2. The van der Waals surface area contributed by atoms with Crippen LogP contribution in [0.25, 0.3) is 11.1 Å². The molecule has 3 unspecified atom stereocenters. The number of aryl methyl sites for hydroxylation is 2. The van der Waals surface area contributed by atoms with Crippen LogP contribution in [0.15, 0.2) is 84.7 Å². The minimum absolute atomic E-state index is 0.0521. The van der Waals surface area contributed by atoms with Crippen LogP contribution < -0.4 is 0 Å². The van der Waals surface area contributed by atoms with Crippen molar-refractivity contribution in [1.82, 2.24) is 0 Å². The van der Waals surface area contributed by atoms with Crippen molar-refractivity contribution in [1.29, 1.82) is 0 Å². The predicted octanol–water partition coefficient (Wildman–Crippen LogP) is 6.42. The van der Waals surface area contributed by atoms with Crippen LogP contribution in [-0.4, -0.2) is 16.0 Å². The Labute approximate surface area is 188 Å². The van der Waals surface area contributed by atoms with Crippen LogP contribution in [0.5, 0.6) is 5.75 Å². The maximum Gasteiger partial charge on any atom is 0.179 e. The Balaban J connectivity index is 1.92. The van der Waals surface area contributed by atoms with Crippen LogP contribution in [-0.2, 0) is 5.41 Å². The predicted molar refractivity (Wildman–Crippen MR) is 127 cm³/mol. The fourth-order valence-electron chi connectivity index (χ4n) is 5.51. The summed E-state index contributed by atoms with van der Waals surface area (Å²) < 4.78 is 0. The molecule has 2 aliphatic rings. The van der Waals surface area contributed by atoms with Gasteiger partial charge in [0.1, 0.15) is 11.5 Å². The van der Waals surface area contributed by atoms with Gasteiger partial charge in [-0.3, -0.25) is 4.79 Å². The Hall–Kier alpha value is -3.59. The Morgan fingerprint density at radius 2 is 1.47 bits per heavy atom. The molecule has 3 nitrogen and oxygen atoms in total. The number of phenols is 1. The van der Waals surface area contributed by atoms with E-state index in [0.717, 1.165) is 33.4 Å². The van der Waals surface area contributed by atoms with E-state index < -0.39 is 5.41 Å². The van der Waals surface area contributed by atoms with Gasteiger partial charge in [0.25, 0.3) is 0 Å². The number of fused-ring (bicyclic) bond motifs is 3. The molecule has 2 N–H and O–H groups in total. The first kappa shape index (κ1) is 20.3. The fraction of sp³-hybridized carbons (Fsp3) is 0.207. The van der Waals surface area contributed by atoms with E-state index in [1.165, 1.54) is 0 Å². The summed E-state index contributed by atoms with van der Waals surface area (Å²) in [5, 5.41) is 20.1. The maximum atomic E-state index is 14.6. The zero-order chi connectivity index (χ0) is 22.6. The number of hydrogen-bond donors (Lipinski definition) is 2. The molecule has 0 fully saturated rings. The Kier molecular flexibility index (Phi) is 4.59. The molecule has 0 aromatic heterocycles. The molecule has 0 saturated carbocycles. The zero-order valence-corrected chi connectivity index (χ0v) is 18.5. The summed E-state index contributed by atoms with van der Waals surface area (Å²) in [5.41, 5.74) is 5.68. The van der Waals surface area contributed by atoms with Crippen molar-refractivity contribution in [2.45, 2.75) is 26.2 Å². The summed E-state index contributed by atoms with van der Waals surface area (Å²) >= 11 is 0. The van der Waals surface area contributed by atoms with Gasteiger partial charge >= 0.3 is 0 Å². The van der Waals surface area contributed by atoms with Crippen LogP contribution in [0.4, 0.5) is 0 Å². The second-order valence-electron chi connectivity index (χ2n) is 9.12. The molecular formula is C29H26O3. The first-order valence-electron chi connectivity index (χ1n) is 11.0. The van der Waals surface area contributed by atoms with Crippen molar-refractivity contribution in [3.8, 4) is 16.9 Å². The lowest BCUT2D eigenvalue weighted by Gasteiger charge is -2.46. The lowest BCUT2D eigenvalue weighted by Crippen LogP contribution is -2.48. The zero-order valence-electron chi connectivity index (χ0n) is 18.5. The first-order chi connectivity index (χ1) is 15.3. The molecule has 160 valence electrons. The molecule has 3 heteroatoms. The lowest BCUT2D eigenvalue weighted by molar-refractivity contribution is 0.0858. The van der Waals surface area contributed by atoms with E-state index in [9.17, 15) is 15.0 Å². The minimum atomic E-state index is -0.983. The van der Waals surface area contributed by atoms with E-state index >= 15 is 0 Å². The average molecular weight is 423 g/mol. The molecule has 0 spiro atoms. The van der Waals surface area contributed by atoms with Crippen LogP contribution >= 0.6 is 0 Å². The monoisotopic (exact) mass is 422 g/mol. The van der Waals surface area contributed by atoms with E-state index in [0.29, 0.717) is 5.56 Å². The van der Waals surface area contributed by atoms with Crippen molar-refractivity contribution in [2.75, 3.05) is 0 Å². The normalized spacial score (nSPS) is 24.0. The molecule has 0 radical (unpaired) electrons. The molecule has 0 aliphatic heterocycles. The highest BCUT2D eigenvalue weighted by Gasteiger charge is 2.53. The summed E-state index contributed by atoms with van der Waals surface area (Å²) in [7, 11) is 0. The standard InChI is InChI=1S/C29H26O3/c1-17-4-11-23-24-12-5-18(2)15-27(24)29(28(32)25(23)14-17,20-6-8-21(30)9-7-20)26-13-10-22(31)16-19(26)3/h4-16,19,26,30-31H,1-3H3. The van der Waals surface area contributed by atoms with Gasteiger partial charge in [0, 0.05) is 11.5 Å². The quantitative estimate of drug-likeness (QED) is 0.501. The number of aromatic hydroxyl groups is 1. The molecule has 3 atom stereocenters. The average Bonchev–Trinajstić information content (AvgIpc) is 2.76. The number of benzene rings is 3. The molecule has 0 amide bonds. The number of aliphatic hydroxyl groups excluding tert-OH is 1. The number of Topliss-reactive ketones (excluding diaryl/α,β-unsaturated/α-hetero) is 1. The van der Waals surface area contributed by atoms with E-state index in [1.807, 2.05) is 63.3 Å². The van der Waals surface area contributed by atoms with Crippen molar-refractivity contribution in [3.63, 3.8) is 0 Å². The smallest absolute Gasteiger partial charge is 0.179 e. The van der Waals surface area contributed by atoms with Gasteiger partial charge in [-0.2, -0.15) is 0 Å². The molecule has 32 heavy (non-hydrogen) atoms. The third-order valence-electron chi connectivity index (χ3n) is 6.97. The maximum absolute atomic E-state index is 14.6. The van der Waals surface area contributed by atoms with Gasteiger partial charge in [0.15, 0.2) is 5.78 Å². The van der Waals surface area contributed by atoms with E-state index in [1.54, 1.807) is 18.2 Å². The number of carbonyl (C=O) groups is 1. The first-order valence-corrected chi connectivity index (χ1v) is 11.0. The molecule has 3 aromatic carbocycles. The SMILES string of the molecule is Cc1ccc2c(c1)C(=O)C(c1ccc(O)cc1)(C1C=CC(O)=CC1C)c1cc(C)ccc1-2. The largest absolute Gasteiger partial charge is 0.508 e. The number of phenolic OH excluding ortho intramolecular Hbond substituents is 1. The minimum Gasteiger partial charge on any atom is -0.508 e. The van der Waals surface area contributed by atoms with Crippen molar-refractivity contribution >= 4 is 5.78 Å². The van der Waals surface area contributed by atoms with Crippen molar-refractivity contribution < 1.29 is 15.0 Å². The van der Waals surface area contributed by atoms with Crippen LogP contribution in [0.2, 0.25) is 0 Å². The third-order valence-corrected chi connectivity index (χ3v) is 6.97. The molecule has 0 saturated heterocycles. The highest BCUT2D eigenvalue weighted by molar-refractivity contribution is 6.15. The molecule has 5 rings (SSSR count). The highest BCUT2D eigenvalue weighted by atomic mass is 16.3. The molecule has 0 bridgehead atoms. The number of allylic oxidation sites excluding steroid dienone is 3. The van der Waals surface area contributed by atoms with Gasteiger partial charge in [-0.1, -0.05) is 66.6 Å². The van der Waals surface area contributed by atoms with E-state index in [-0.39, 0.29) is 29.1 Å². The Morgan fingerprint density at radius 1 is 0.812 bits per heavy atom. The van der Waals surface area contributed by atoms with Crippen LogP contribution in [0.1, 0.15) is 39.5 Å². The van der Waals surface area contributed by atoms with Crippen LogP contribution in [0, 0.1) is 25.7 Å². The molecule has 3 aromatic rings. The van der Waals surface area contributed by atoms with Gasteiger partial charge in [-0.05, 0) is 72.4 Å². The summed E-state index contributed by atoms with van der Waals surface area (Å²) in [6.45, 7) is 6.09. The second-order valence-corrected chi connectivity index (χ2v) is 9.12. The topological polar surface area (TPSA) is 57.5 Å². The number of carbonyl (C=O) groups excluding carboxylic acids is 1. The Morgan fingerprint density at radius 3 is 2.16 bits per heavy atom. The fourth-order valence-corrected chi connectivity index (χ4v) is 5.51. The van der Waals surface area contributed by atoms with Crippen molar-refractivity contribution in [2.24, 2.45) is 11.8 Å². The van der Waals surface area contributed by atoms with Crippen LogP contribution in [0.3, 0.4) is 0 Å². The molecule has 0 heterocycles. The number of aliphatic hydroxyl groups is 1. The van der Waals surface area contributed by atoms with Gasteiger partial charge in [-0.15, -0.1) is 0 Å². The Bertz CT molecular complexity index is 1300. The van der Waals surface area contributed by atoms with E-state index in [2.05, 4.69) is 18.2 Å². The summed E-state index contributed by atoms with van der Waals surface area (Å²) in [4.78, 5) is 14.6. The molecule has 2 aliphatic carbocycles. The molecular weight excluding hydrogens is 396 g/mol. The van der Waals surface area contributed by atoms with Gasteiger partial charge < -0.3 is 10.2 Å². The number of ketones is 1. The van der Waals surface area contributed by atoms with Crippen molar-refractivity contribution in [3.05, 3.63) is 112 Å².